The van der Waals surface area contributed by atoms with Crippen molar-refractivity contribution in [2.24, 2.45) is 10.1 Å². The predicted molar refractivity (Wildman–Crippen MR) is 176 cm³/mol. The molecule has 0 saturated carbocycles. The number of nitrogens with one attached hydrogen (secondary N) is 1. The quantitative estimate of drug-likeness (QED) is 0.144. The van der Waals surface area contributed by atoms with Gasteiger partial charge in [-0.2, -0.15) is 10.1 Å². The molecular formula is C31H36N6O9S. The molecule has 0 spiro atoms. The fraction of sp³-hybridized carbons (Fsp3) is 0.387. The van der Waals surface area contributed by atoms with E-state index in [4.69, 9.17) is 18.9 Å². The second kappa shape index (κ2) is 16.0. The second-order valence-corrected chi connectivity index (χ2v) is 11.7. The second-order valence-electron chi connectivity index (χ2n) is 10.6. The number of nitrogens with zero attached hydrogens (tertiary/aromatic N) is 5. The van der Waals surface area contributed by atoms with Gasteiger partial charge in [-0.3, -0.25) is 29.5 Å². The van der Waals surface area contributed by atoms with Crippen LogP contribution < -0.4 is 19.5 Å². The van der Waals surface area contributed by atoms with E-state index in [0.29, 0.717) is 30.2 Å². The number of aliphatic imine (C=N–C) groups is 1. The smallest absolute Gasteiger partial charge is 0.296 e. The lowest BCUT2D eigenvalue weighted by Crippen LogP contribution is -2.49. The Morgan fingerprint density at radius 3 is 2.55 bits per heavy atom. The Labute approximate surface area is 275 Å². The Morgan fingerprint density at radius 2 is 1.89 bits per heavy atom. The minimum atomic E-state index is -0.881. The number of nitro benzene ring substituents is 1. The van der Waals surface area contributed by atoms with Gasteiger partial charge in [0.15, 0.2) is 23.3 Å². The molecule has 2 saturated heterocycles. The number of morpholine rings is 1. The average molecular weight is 669 g/mol. The molecular weight excluding hydrogens is 632 g/mol. The van der Waals surface area contributed by atoms with Gasteiger partial charge in [-0.1, -0.05) is 17.8 Å². The summed E-state index contributed by atoms with van der Waals surface area (Å²) >= 11 is 1.05. The van der Waals surface area contributed by atoms with Gasteiger partial charge in [0.2, 0.25) is 5.91 Å². The summed E-state index contributed by atoms with van der Waals surface area (Å²) < 4.78 is 22.0. The molecule has 1 N–H and O–H groups in total. The van der Waals surface area contributed by atoms with Crippen LogP contribution in [0.5, 0.6) is 17.2 Å². The molecule has 3 atom stereocenters. The van der Waals surface area contributed by atoms with Crippen LogP contribution in [-0.4, -0.2) is 102 Å². The maximum Gasteiger partial charge on any atom is 0.296 e. The number of carbonyl (C=O) groups excluding carboxylic acids is 3. The minimum Gasteiger partial charge on any atom is -0.496 e. The number of thioether (sulfide) groups is 1. The van der Waals surface area contributed by atoms with Crippen LogP contribution in [0.2, 0.25) is 0 Å². The van der Waals surface area contributed by atoms with Crippen LogP contribution in [-0.2, 0) is 19.1 Å². The van der Waals surface area contributed by atoms with Gasteiger partial charge in [0, 0.05) is 19.5 Å². The Morgan fingerprint density at radius 1 is 1.15 bits per heavy atom. The molecule has 3 unspecified atom stereocenters. The lowest BCUT2D eigenvalue weighted by atomic mass is 10.2. The summed E-state index contributed by atoms with van der Waals surface area (Å²) in [5.74, 6) is -0.288. The number of amides is 3. The molecule has 2 aliphatic rings. The highest BCUT2D eigenvalue weighted by Crippen LogP contribution is 2.33. The van der Waals surface area contributed by atoms with Crippen LogP contribution in [0.25, 0.3) is 0 Å². The van der Waals surface area contributed by atoms with E-state index in [0.717, 1.165) is 16.8 Å². The fourth-order valence-electron chi connectivity index (χ4n) is 4.83. The van der Waals surface area contributed by atoms with Crippen molar-refractivity contribution < 1.29 is 38.3 Å². The van der Waals surface area contributed by atoms with Crippen molar-refractivity contribution in [1.82, 2.24) is 9.91 Å². The maximum absolute atomic E-state index is 13.3. The van der Waals surface area contributed by atoms with E-state index >= 15 is 0 Å². The first-order valence-corrected chi connectivity index (χ1v) is 15.5. The molecule has 250 valence electrons. The Kier molecular flexibility index (Phi) is 11.9. The number of hydrogen-bond donors (Lipinski definition) is 1. The highest BCUT2D eigenvalue weighted by molar-refractivity contribution is 8.15. The van der Waals surface area contributed by atoms with E-state index in [1.54, 1.807) is 29.2 Å². The summed E-state index contributed by atoms with van der Waals surface area (Å²) in [6.07, 6.45) is 2.58. The maximum atomic E-state index is 13.3. The zero-order chi connectivity index (χ0) is 34.1. The summed E-state index contributed by atoms with van der Waals surface area (Å²) in [5.41, 5.74) is 0.190. The lowest BCUT2D eigenvalue weighted by Gasteiger charge is -2.35. The molecule has 16 heteroatoms. The Hall–Kier alpha value is -4.96. The molecule has 47 heavy (non-hydrogen) atoms. The van der Waals surface area contributed by atoms with E-state index in [1.807, 2.05) is 13.8 Å². The van der Waals surface area contributed by atoms with Crippen molar-refractivity contribution in [2.45, 2.75) is 37.7 Å². The summed E-state index contributed by atoms with van der Waals surface area (Å²) in [6, 6.07) is 9.00. The topological polar surface area (TPSA) is 174 Å². The van der Waals surface area contributed by atoms with Crippen molar-refractivity contribution in [3.8, 4) is 17.2 Å². The normalized spacial score (nSPS) is 20.4. The molecule has 3 amide bonds. The molecule has 2 heterocycles. The third-order valence-corrected chi connectivity index (χ3v) is 8.11. The van der Waals surface area contributed by atoms with Crippen molar-refractivity contribution in [3.05, 3.63) is 64.7 Å². The molecule has 0 bridgehead atoms. The monoisotopic (exact) mass is 668 g/mol. The number of carbonyl (C=O) groups is 3. The number of anilines is 1. The zero-order valence-corrected chi connectivity index (χ0v) is 27.2. The predicted octanol–water partition coefficient (Wildman–Crippen LogP) is 3.48. The van der Waals surface area contributed by atoms with Gasteiger partial charge in [0.05, 0.1) is 50.2 Å². The summed E-state index contributed by atoms with van der Waals surface area (Å²) in [6.45, 7) is 8.49. The molecule has 4 rings (SSSR count). The minimum absolute atomic E-state index is 0.0253. The van der Waals surface area contributed by atoms with E-state index in [9.17, 15) is 24.5 Å². The van der Waals surface area contributed by atoms with Crippen molar-refractivity contribution in [3.63, 3.8) is 0 Å². The highest BCUT2D eigenvalue weighted by Gasteiger charge is 2.39. The van der Waals surface area contributed by atoms with Gasteiger partial charge in [-0.25, -0.2) is 0 Å². The molecule has 2 aromatic carbocycles. The number of amidine groups is 1. The first-order chi connectivity index (χ1) is 22.5. The molecule has 2 aliphatic heterocycles. The van der Waals surface area contributed by atoms with Gasteiger partial charge in [0.1, 0.15) is 16.7 Å². The number of methoxy groups -OCH3 is 2. The third-order valence-electron chi connectivity index (χ3n) is 6.95. The van der Waals surface area contributed by atoms with Crippen LogP contribution in [0.1, 0.15) is 25.8 Å². The summed E-state index contributed by atoms with van der Waals surface area (Å²) in [4.78, 5) is 55.9. The largest absolute Gasteiger partial charge is 0.496 e. The van der Waals surface area contributed by atoms with Gasteiger partial charge in [-0.15, -0.1) is 6.58 Å². The number of benzene rings is 2. The lowest BCUT2D eigenvalue weighted by molar-refractivity contribution is -0.384. The van der Waals surface area contributed by atoms with Gasteiger partial charge < -0.3 is 29.2 Å². The Balaban J connectivity index is 1.43. The fourth-order valence-corrected chi connectivity index (χ4v) is 5.90. The summed E-state index contributed by atoms with van der Waals surface area (Å²) in [7, 11) is 2.84. The van der Waals surface area contributed by atoms with E-state index in [-0.39, 0.29) is 60.0 Å². The van der Waals surface area contributed by atoms with Crippen LogP contribution in [0.3, 0.4) is 0 Å². The molecule has 0 aliphatic carbocycles. The number of hydrazone groups is 1. The van der Waals surface area contributed by atoms with Crippen molar-refractivity contribution >= 4 is 52.2 Å². The van der Waals surface area contributed by atoms with Gasteiger partial charge >= 0.3 is 0 Å². The average Bonchev–Trinajstić information content (AvgIpc) is 3.33. The van der Waals surface area contributed by atoms with Gasteiger partial charge in [-0.05, 0) is 49.7 Å². The standard InChI is InChI=1S/C31H36N6O9S/c1-6-11-32-31-36(30(40)27(47-31)14-28(38)34-23-9-8-22(43-4)13-24(23)37(41)42)33-15-21-7-10-25(26(12-21)44-5)45-18-29(39)35-16-19(2)46-20(3)17-35/h6-10,12-13,15,19-20,27H,1,11,14,16-18H2,2-5H3,(H,34,38)/b32-31?,33-15+. The zero-order valence-electron chi connectivity index (χ0n) is 26.4. The van der Waals surface area contributed by atoms with E-state index < -0.39 is 22.0 Å². The number of rotatable bonds is 13. The highest BCUT2D eigenvalue weighted by atomic mass is 32.2. The number of nitro groups is 1. The first kappa shape index (κ1) is 34.9. The molecule has 0 aromatic heterocycles. The van der Waals surface area contributed by atoms with Gasteiger partial charge in [0.25, 0.3) is 17.5 Å². The third kappa shape index (κ3) is 9.07. The van der Waals surface area contributed by atoms with Crippen LogP contribution in [0.4, 0.5) is 11.4 Å². The first-order valence-electron chi connectivity index (χ1n) is 14.6. The summed E-state index contributed by atoms with van der Waals surface area (Å²) in [5, 5.41) is 18.8. The van der Waals surface area contributed by atoms with Crippen LogP contribution >= 0.6 is 11.8 Å². The molecule has 15 nitrogen and oxygen atoms in total. The molecule has 0 radical (unpaired) electrons. The molecule has 2 fully saturated rings. The van der Waals surface area contributed by atoms with E-state index in [1.165, 1.54) is 38.6 Å². The van der Waals surface area contributed by atoms with Crippen molar-refractivity contribution in [1.29, 1.82) is 0 Å². The van der Waals surface area contributed by atoms with E-state index in [2.05, 4.69) is 22.0 Å². The van der Waals surface area contributed by atoms with Crippen molar-refractivity contribution in [2.75, 3.05) is 45.8 Å². The van der Waals surface area contributed by atoms with Crippen LogP contribution in [0, 0.1) is 10.1 Å². The SMILES string of the molecule is C=CCN=C1SC(CC(=O)Nc2ccc(OC)cc2[N+](=O)[O-])C(=O)N1/N=C/c1ccc(OCC(=O)N2CC(C)OC(C)C2)c(OC)c1. The molecule has 2 aromatic rings. The number of ether oxygens (including phenoxy) is 4. The Bertz CT molecular complexity index is 1570. The van der Waals surface area contributed by atoms with Crippen LogP contribution in [0.15, 0.2) is 59.1 Å². The number of hydrogen-bond acceptors (Lipinski definition) is 12.